The monoisotopic (exact) mass is 586 g/mol. The number of nitrogens with zero attached hydrogens (tertiary/aromatic N) is 1. The molecule has 4 aromatic carbocycles. The zero-order valence-corrected chi connectivity index (χ0v) is 23.6. The minimum absolute atomic E-state index is 0.0483. The van der Waals surface area contributed by atoms with E-state index in [0.717, 1.165) is 11.1 Å². The maximum atomic E-state index is 12.7. The lowest BCUT2D eigenvalue weighted by Crippen LogP contribution is -2.21. The smallest absolute Gasteiger partial charge is 0.345 e. The number of allylic oxidation sites excluding steroid dienone is 1. The molecule has 0 aliphatic carbocycles. The van der Waals surface area contributed by atoms with Crippen molar-refractivity contribution in [1.29, 1.82) is 5.26 Å². The molecule has 41 heavy (non-hydrogen) atoms. The number of aryl methyl sites for hydroxylation is 1. The van der Waals surface area contributed by atoms with Crippen LogP contribution in [0.2, 0.25) is 10.0 Å². The van der Waals surface area contributed by atoms with Gasteiger partial charge in [-0.25, -0.2) is 4.79 Å². The van der Waals surface area contributed by atoms with Gasteiger partial charge in [0.05, 0.1) is 23.6 Å². The van der Waals surface area contributed by atoms with Crippen LogP contribution in [0.25, 0.3) is 0 Å². The SMILES string of the molecule is COc1cc(C2C(C#N)=C(N)Oc3cc(OC(=O)c4ccc(Cl)cc4Cl)ccc32)ccc1OCc1ccc(C)cc1. The van der Waals surface area contributed by atoms with Crippen molar-refractivity contribution in [2.75, 3.05) is 7.11 Å². The Labute approximate surface area is 247 Å². The minimum Gasteiger partial charge on any atom is -0.493 e. The number of benzene rings is 4. The molecule has 0 radical (unpaired) electrons. The molecule has 0 fully saturated rings. The number of fused-ring (bicyclic) bond motifs is 1. The Bertz CT molecular complexity index is 1710. The first-order valence-electron chi connectivity index (χ1n) is 12.5. The van der Waals surface area contributed by atoms with Gasteiger partial charge in [0.15, 0.2) is 11.5 Å². The van der Waals surface area contributed by atoms with Gasteiger partial charge in [0.2, 0.25) is 5.88 Å². The molecule has 9 heteroatoms. The van der Waals surface area contributed by atoms with E-state index in [1.165, 1.54) is 17.7 Å². The van der Waals surface area contributed by atoms with E-state index in [4.69, 9.17) is 47.9 Å². The van der Waals surface area contributed by atoms with Crippen LogP contribution in [0.3, 0.4) is 0 Å². The summed E-state index contributed by atoms with van der Waals surface area (Å²) in [7, 11) is 1.55. The molecule has 0 spiro atoms. The van der Waals surface area contributed by atoms with Crippen LogP contribution in [-0.4, -0.2) is 13.1 Å². The van der Waals surface area contributed by atoms with Gasteiger partial charge in [0, 0.05) is 16.7 Å². The molecule has 1 aliphatic rings. The number of nitrogens with two attached hydrogens (primary N) is 1. The Hall–Kier alpha value is -4.64. The summed E-state index contributed by atoms with van der Waals surface area (Å²) in [5.74, 6) is 0.353. The summed E-state index contributed by atoms with van der Waals surface area (Å²) in [5.41, 5.74) is 10.2. The average Bonchev–Trinajstić information content (AvgIpc) is 2.96. The van der Waals surface area contributed by atoms with Crippen LogP contribution in [0.5, 0.6) is 23.0 Å². The zero-order valence-electron chi connectivity index (χ0n) is 22.1. The van der Waals surface area contributed by atoms with Crippen LogP contribution in [0.4, 0.5) is 0 Å². The first-order valence-corrected chi connectivity index (χ1v) is 13.3. The van der Waals surface area contributed by atoms with Crippen molar-refractivity contribution in [3.05, 3.63) is 128 Å². The Kier molecular flexibility index (Phi) is 8.06. The Balaban J connectivity index is 1.43. The lowest BCUT2D eigenvalue weighted by atomic mass is 9.83. The molecule has 4 aromatic rings. The maximum absolute atomic E-state index is 12.7. The highest BCUT2D eigenvalue weighted by molar-refractivity contribution is 6.36. The van der Waals surface area contributed by atoms with Crippen LogP contribution in [0.15, 0.2) is 90.3 Å². The fourth-order valence-electron chi connectivity index (χ4n) is 4.49. The highest BCUT2D eigenvalue weighted by atomic mass is 35.5. The van der Waals surface area contributed by atoms with E-state index in [0.29, 0.717) is 34.4 Å². The predicted molar refractivity (Wildman–Crippen MR) is 156 cm³/mol. The van der Waals surface area contributed by atoms with Gasteiger partial charge in [-0.3, -0.25) is 0 Å². The molecule has 1 unspecified atom stereocenters. The summed E-state index contributed by atoms with van der Waals surface area (Å²) in [6.45, 7) is 2.40. The molecule has 1 aliphatic heterocycles. The fourth-order valence-corrected chi connectivity index (χ4v) is 4.97. The number of esters is 1. The Morgan fingerprint density at radius 2 is 1.78 bits per heavy atom. The van der Waals surface area contributed by atoms with E-state index in [-0.39, 0.29) is 27.8 Å². The quantitative estimate of drug-likeness (QED) is 0.178. The average molecular weight is 587 g/mol. The van der Waals surface area contributed by atoms with Crippen molar-refractivity contribution >= 4 is 29.2 Å². The molecule has 1 heterocycles. The molecule has 1 atom stereocenters. The van der Waals surface area contributed by atoms with E-state index >= 15 is 0 Å². The van der Waals surface area contributed by atoms with Crippen molar-refractivity contribution in [2.24, 2.45) is 5.73 Å². The fraction of sp³-hybridized carbons (Fsp3) is 0.125. The number of carbonyl (C=O) groups is 1. The van der Waals surface area contributed by atoms with Crippen molar-refractivity contribution < 1.29 is 23.7 Å². The second kappa shape index (κ2) is 11.8. The van der Waals surface area contributed by atoms with Crippen molar-refractivity contribution in [1.82, 2.24) is 0 Å². The van der Waals surface area contributed by atoms with Gasteiger partial charge in [-0.2, -0.15) is 5.26 Å². The van der Waals surface area contributed by atoms with Crippen LogP contribution in [0, 0.1) is 18.3 Å². The van der Waals surface area contributed by atoms with Gasteiger partial charge in [-0.15, -0.1) is 0 Å². The van der Waals surface area contributed by atoms with Gasteiger partial charge >= 0.3 is 5.97 Å². The molecule has 2 N–H and O–H groups in total. The second-order valence-electron chi connectivity index (χ2n) is 9.32. The minimum atomic E-state index is -0.661. The summed E-state index contributed by atoms with van der Waals surface area (Å²) >= 11 is 12.1. The number of carbonyl (C=O) groups excluding carboxylic acids is 1. The lowest BCUT2D eigenvalue weighted by molar-refractivity contribution is 0.0734. The topological polar surface area (TPSA) is 104 Å². The molecule has 0 saturated carbocycles. The Morgan fingerprint density at radius 3 is 2.49 bits per heavy atom. The molecule has 7 nitrogen and oxygen atoms in total. The summed E-state index contributed by atoms with van der Waals surface area (Å²) in [4.78, 5) is 12.7. The van der Waals surface area contributed by atoms with E-state index in [9.17, 15) is 10.1 Å². The third kappa shape index (κ3) is 5.94. The van der Waals surface area contributed by atoms with Crippen LogP contribution < -0.4 is 24.7 Å². The molecule has 0 aromatic heterocycles. The van der Waals surface area contributed by atoms with Gasteiger partial charge < -0.3 is 24.7 Å². The van der Waals surface area contributed by atoms with E-state index in [1.54, 1.807) is 37.4 Å². The molecule has 0 amide bonds. The third-order valence-corrected chi connectivity index (χ3v) is 7.14. The van der Waals surface area contributed by atoms with Gasteiger partial charge in [0.1, 0.15) is 29.7 Å². The number of methoxy groups -OCH3 is 1. The normalized spacial score (nSPS) is 14.0. The molecule has 5 rings (SSSR count). The maximum Gasteiger partial charge on any atom is 0.345 e. The number of ether oxygens (including phenoxy) is 4. The van der Waals surface area contributed by atoms with Gasteiger partial charge in [-0.1, -0.05) is 65.2 Å². The largest absolute Gasteiger partial charge is 0.493 e. The number of hydrogen-bond donors (Lipinski definition) is 1. The highest BCUT2D eigenvalue weighted by Crippen LogP contribution is 2.45. The highest BCUT2D eigenvalue weighted by Gasteiger charge is 2.32. The molecule has 206 valence electrons. The number of rotatable bonds is 7. The molecule has 0 bridgehead atoms. The lowest BCUT2D eigenvalue weighted by Gasteiger charge is -2.27. The summed E-state index contributed by atoms with van der Waals surface area (Å²) in [5, 5.41) is 10.5. The molecular weight excluding hydrogens is 563 g/mol. The van der Waals surface area contributed by atoms with Crippen molar-refractivity contribution in [2.45, 2.75) is 19.4 Å². The van der Waals surface area contributed by atoms with Crippen LogP contribution in [-0.2, 0) is 6.61 Å². The predicted octanol–water partition coefficient (Wildman–Crippen LogP) is 7.33. The van der Waals surface area contributed by atoms with E-state index in [1.807, 2.05) is 43.3 Å². The van der Waals surface area contributed by atoms with E-state index in [2.05, 4.69) is 6.07 Å². The summed E-state index contributed by atoms with van der Waals surface area (Å²) in [6, 6.07) is 25.1. The van der Waals surface area contributed by atoms with Crippen molar-refractivity contribution in [3.63, 3.8) is 0 Å². The zero-order chi connectivity index (χ0) is 29.1. The second-order valence-corrected chi connectivity index (χ2v) is 10.2. The van der Waals surface area contributed by atoms with Gasteiger partial charge in [-0.05, 0) is 54.4 Å². The number of halogens is 2. The molecule has 0 saturated heterocycles. The Morgan fingerprint density at radius 1 is 1.00 bits per heavy atom. The molecular formula is C32H24Cl2N2O5. The first-order chi connectivity index (χ1) is 19.8. The number of nitriles is 1. The first kappa shape index (κ1) is 27.9. The standard InChI is InChI=1S/C32H24Cl2N2O5/c1-18-3-5-19(6-4-18)17-39-27-12-7-20(13-29(27)38-2)30-24-11-9-22(15-28(24)41-31(36)25(30)16-35)40-32(37)23-10-8-21(33)14-26(23)34/h3-15,30H,17,36H2,1-2H3. The summed E-state index contributed by atoms with van der Waals surface area (Å²) < 4.78 is 23.0. The van der Waals surface area contributed by atoms with Crippen molar-refractivity contribution in [3.8, 4) is 29.1 Å². The number of hydrogen-bond acceptors (Lipinski definition) is 7. The third-order valence-electron chi connectivity index (χ3n) is 6.59. The van der Waals surface area contributed by atoms with Crippen LogP contribution in [0.1, 0.15) is 38.5 Å². The van der Waals surface area contributed by atoms with E-state index < -0.39 is 11.9 Å². The summed E-state index contributed by atoms with van der Waals surface area (Å²) in [6.07, 6.45) is 0. The van der Waals surface area contributed by atoms with Crippen LogP contribution >= 0.6 is 23.2 Å². The van der Waals surface area contributed by atoms with Gasteiger partial charge in [0.25, 0.3) is 0 Å².